The van der Waals surface area contributed by atoms with Gasteiger partial charge in [0.2, 0.25) is 5.95 Å². The zero-order chi connectivity index (χ0) is 15.1. The van der Waals surface area contributed by atoms with Crippen LogP contribution in [0, 0.1) is 5.82 Å². The molecule has 0 saturated heterocycles. The Morgan fingerprint density at radius 1 is 1.24 bits per heavy atom. The summed E-state index contributed by atoms with van der Waals surface area (Å²) in [4.78, 5) is 6.37. The van der Waals surface area contributed by atoms with Crippen LogP contribution >= 0.6 is 0 Å². The molecule has 0 spiro atoms. The predicted molar refractivity (Wildman–Crippen MR) is 81.2 cm³/mol. The molecular formula is C14H19FN6. The molecule has 0 aliphatic carbocycles. The topological polar surface area (TPSA) is 66.0 Å². The molecule has 2 rings (SSSR count). The van der Waals surface area contributed by atoms with Gasteiger partial charge in [0, 0.05) is 6.54 Å². The Morgan fingerprint density at radius 3 is 2.81 bits per heavy atom. The van der Waals surface area contributed by atoms with Crippen molar-refractivity contribution in [3.8, 4) is 0 Å². The van der Waals surface area contributed by atoms with Crippen molar-refractivity contribution in [1.29, 1.82) is 0 Å². The SMILES string of the molecule is CN(C)CCCNc1cnnc(Nc2ccccc2F)n1. The fourth-order valence-corrected chi connectivity index (χ4v) is 1.74. The van der Waals surface area contributed by atoms with Gasteiger partial charge in [0.25, 0.3) is 0 Å². The Bertz CT molecular complexity index is 575. The van der Waals surface area contributed by atoms with Gasteiger partial charge in [-0.15, -0.1) is 5.10 Å². The Morgan fingerprint density at radius 2 is 2.05 bits per heavy atom. The zero-order valence-electron chi connectivity index (χ0n) is 12.2. The van der Waals surface area contributed by atoms with E-state index in [1.165, 1.54) is 6.07 Å². The van der Waals surface area contributed by atoms with Gasteiger partial charge in [0.15, 0.2) is 5.82 Å². The lowest BCUT2D eigenvalue weighted by molar-refractivity contribution is 0.405. The number of benzene rings is 1. The average molecular weight is 290 g/mol. The van der Waals surface area contributed by atoms with Gasteiger partial charge in [-0.3, -0.25) is 0 Å². The summed E-state index contributed by atoms with van der Waals surface area (Å²) in [6.07, 6.45) is 2.54. The van der Waals surface area contributed by atoms with Gasteiger partial charge in [-0.25, -0.2) is 4.39 Å². The summed E-state index contributed by atoms with van der Waals surface area (Å²) < 4.78 is 13.5. The monoisotopic (exact) mass is 290 g/mol. The average Bonchev–Trinajstić information content (AvgIpc) is 2.46. The third kappa shape index (κ3) is 4.96. The number of nitrogens with one attached hydrogen (secondary N) is 2. The third-order valence-electron chi connectivity index (χ3n) is 2.77. The Balaban J connectivity index is 1.93. The fourth-order valence-electron chi connectivity index (χ4n) is 1.74. The van der Waals surface area contributed by atoms with Crippen molar-refractivity contribution in [2.24, 2.45) is 0 Å². The van der Waals surface area contributed by atoms with Gasteiger partial charge in [-0.2, -0.15) is 10.1 Å². The zero-order valence-corrected chi connectivity index (χ0v) is 12.2. The molecule has 21 heavy (non-hydrogen) atoms. The number of aromatic nitrogens is 3. The van der Waals surface area contributed by atoms with Crippen molar-refractivity contribution in [2.75, 3.05) is 37.8 Å². The van der Waals surface area contributed by atoms with Crippen molar-refractivity contribution in [2.45, 2.75) is 6.42 Å². The van der Waals surface area contributed by atoms with Gasteiger partial charge in [0.1, 0.15) is 5.82 Å². The third-order valence-corrected chi connectivity index (χ3v) is 2.77. The molecule has 1 aromatic heterocycles. The van der Waals surface area contributed by atoms with Crippen molar-refractivity contribution in [3.63, 3.8) is 0 Å². The van der Waals surface area contributed by atoms with Crippen LogP contribution in [0.15, 0.2) is 30.5 Å². The van der Waals surface area contributed by atoms with E-state index in [1.54, 1.807) is 24.4 Å². The molecule has 2 N–H and O–H groups in total. The molecular weight excluding hydrogens is 271 g/mol. The number of hydrogen-bond acceptors (Lipinski definition) is 6. The molecule has 1 heterocycles. The molecule has 0 bridgehead atoms. The van der Waals surface area contributed by atoms with Gasteiger partial charge in [-0.05, 0) is 39.2 Å². The lowest BCUT2D eigenvalue weighted by atomic mass is 10.3. The van der Waals surface area contributed by atoms with E-state index in [4.69, 9.17) is 0 Å². The molecule has 0 unspecified atom stereocenters. The second-order valence-corrected chi connectivity index (χ2v) is 4.85. The summed E-state index contributed by atoms with van der Waals surface area (Å²) >= 11 is 0. The molecule has 0 aliphatic rings. The normalized spacial score (nSPS) is 10.7. The Kier molecular flexibility index (Phi) is 5.39. The van der Waals surface area contributed by atoms with Crippen LogP contribution in [0.3, 0.4) is 0 Å². The minimum Gasteiger partial charge on any atom is -0.369 e. The molecule has 7 heteroatoms. The molecule has 0 aliphatic heterocycles. The molecule has 0 radical (unpaired) electrons. The summed E-state index contributed by atoms with van der Waals surface area (Å²) in [6, 6.07) is 6.36. The highest BCUT2D eigenvalue weighted by Crippen LogP contribution is 2.16. The molecule has 112 valence electrons. The number of rotatable bonds is 7. The second kappa shape index (κ2) is 7.49. The largest absolute Gasteiger partial charge is 0.369 e. The standard InChI is InChI=1S/C14H19FN6/c1-21(2)9-5-8-16-13-10-17-20-14(19-13)18-12-7-4-3-6-11(12)15/h3-4,6-7,10H,5,8-9H2,1-2H3,(H2,16,18,19,20). The maximum Gasteiger partial charge on any atom is 0.249 e. The summed E-state index contributed by atoms with van der Waals surface area (Å²) in [5, 5.41) is 13.7. The van der Waals surface area contributed by atoms with Crippen LogP contribution in [0.4, 0.5) is 21.8 Å². The van der Waals surface area contributed by atoms with E-state index in [0.29, 0.717) is 11.5 Å². The van der Waals surface area contributed by atoms with Gasteiger partial charge >= 0.3 is 0 Å². The molecule has 2 aromatic rings. The van der Waals surface area contributed by atoms with Crippen molar-refractivity contribution >= 4 is 17.5 Å². The highest BCUT2D eigenvalue weighted by atomic mass is 19.1. The Labute approximate surface area is 123 Å². The number of nitrogens with zero attached hydrogens (tertiary/aromatic N) is 4. The minimum absolute atomic E-state index is 0.262. The van der Waals surface area contributed by atoms with Crippen LogP contribution in [0.25, 0.3) is 0 Å². The smallest absolute Gasteiger partial charge is 0.249 e. The molecule has 0 atom stereocenters. The van der Waals surface area contributed by atoms with Gasteiger partial charge < -0.3 is 15.5 Å². The van der Waals surface area contributed by atoms with E-state index in [-0.39, 0.29) is 11.8 Å². The highest BCUT2D eigenvalue weighted by Gasteiger charge is 2.04. The molecule has 0 saturated carbocycles. The van der Waals surface area contributed by atoms with E-state index in [2.05, 4.69) is 30.7 Å². The summed E-state index contributed by atoms with van der Waals surface area (Å²) in [5.41, 5.74) is 0.323. The van der Waals surface area contributed by atoms with Crippen molar-refractivity contribution in [3.05, 3.63) is 36.3 Å². The van der Waals surface area contributed by atoms with Crippen molar-refractivity contribution < 1.29 is 4.39 Å². The van der Waals surface area contributed by atoms with Crippen LogP contribution in [-0.4, -0.2) is 47.3 Å². The van der Waals surface area contributed by atoms with E-state index in [0.717, 1.165) is 19.5 Å². The first-order valence-electron chi connectivity index (χ1n) is 6.75. The number of halogens is 1. The van der Waals surface area contributed by atoms with Crippen LogP contribution in [-0.2, 0) is 0 Å². The molecule has 6 nitrogen and oxygen atoms in total. The summed E-state index contributed by atoms with van der Waals surface area (Å²) in [7, 11) is 4.06. The molecule has 0 amide bonds. The van der Waals surface area contributed by atoms with E-state index >= 15 is 0 Å². The second-order valence-electron chi connectivity index (χ2n) is 4.85. The highest BCUT2D eigenvalue weighted by molar-refractivity contribution is 5.54. The van der Waals surface area contributed by atoms with Crippen LogP contribution in [0.1, 0.15) is 6.42 Å². The fraction of sp³-hybridized carbons (Fsp3) is 0.357. The number of anilines is 3. The molecule has 1 aromatic carbocycles. The van der Waals surface area contributed by atoms with Crippen molar-refractivity contribution in [1.82, 2.24) is 20.1 Å². The molecule has 0 fully saturated rings. The van der Waals surface area contributed by atoms with E-state index in [9.17, 15) is 4.39 Å². The number of hydrogen-bond donors (Lipinski definition) is 2. The maximum atomic E-state index is 13.5. The quantitative estimate of drug-likeness (QED) is 0.761. The van der Waals surface area contributed by atoms with Gasteiger partial charge in [-0.1, -0.05) is 12.1 Å². The lowest BCUT2D eigenvalue weighted by Crippen LogP contribution is -2.17. The van der Waals surface area contributed by atoms with E-state index in [1.807, 2.05) is 14.1 Å². The first-order valence-corrected chi connectivity index (χ1v) is 6.75. The van der Waals surface area contributed by atoms with Crippen LogP contribution < -0.4 is 10.6 Å². The van der Waals surface area contributed by atoms with Gasteiger partial charge in [0.05, 0.1) is 11.9 Å². The predicted octanol–water partition coefficient (Wildman–Crippen LogP) is 2.12. The lowest BCUT2D eigenvalue weighted by Gasteiger charge is -2.10. The maximum absolute atomic E-state index is 13.5. The first kappa shape index (κ1) is 15.1. The summed E-state index contributed by atoms with van der Waals surface area (Å²) in [6.45, 7) is 1.78. The first-order chi connectivity index (χ1) is 10.1. The van der Waals surface area contributed by atoms with Crippen LogP contribution in [0.5, 0.6) is 0 Å². The Hall–Kier alpha value is -2.28. The van der Waals surface area contributed by atoms with E-state index < -0.39 is 0 Å². The minimum atomic E-state index is -0.356. The number of para-hydroxylation sites is 1. The van der Waals surface area contributed by atoms with Crippen LogP contribution in [0.2, 0.25) is 0 Å². The summed E-state index contributed by atoms with van der Waals surface area (Å²) in [5.74, 6) is 0.519.